The molecule has 0 saturated carbocycles. The van der Waals surface area contributed by atoms with Crippen molar-refractivity contribution in [2.75, 3.05) is 7.11 Å². The number of carbonyl (C=O) groups excluding carboxylic acids is 1. The molecule has 2 aromatic carbocycles. The number of imidazole rings is 1. The van der Waals surface area contributed by atoms with Gasteiger partial charge in [0.1, 0.15) is 5.52 Å². The molecule has 3 N–H and O–H groups in total. The zero-order chi connectivity index (χ0) is 17.3. The zero-order valence-electron chi connectivity index (χ0n) is 13.6. The molecule has 0 unspecified atom stereocenters. The highest BCUT2D eigenvalue weighted by Crippen LogP contribution is 2.28. The van der Waals surface area contributed by atoms with Gasteiger partial charge in [-0.05, 0) is 23.2 Å². The molecule has 0 spiro atoms. The molecule has 1 heterocycles. The first-order chi connectivity index (χ1) is 11.5. The van der Waals surface area contributed by atoms with E-state index >= 15 is 0 Å². The summed E-state index contributed by atoms with van der Waals surface area (Å²) in [6, 6.07) is 11.2. The third-order valence-corrected chi connectivity index (χ3v) is 4.03. The van der Waals surface area contributed by atoms with Crippen LogP contribution in [0.1, 0.15) is 15.9 Å². The lowest BCUT2D eigenvalue weighted by Crippen LogP contribution is -2.25. The summed E-state index contributed by atoms with van der Waals surface area (Å²) < 4.78 is 7.29. The van der Waals surface area contributed by atoms with Crippen LogP contribution in [-0.4, -0.2) is 34.5 Å². The Hall–Kier alpha value is -2.80. The van der Waals surface area contributed by atoms with Crippen LogP contribution >= 0.6 is 0 Å². The average molecular weight is 323 g/mol. The largest absolute Gasteiger partial charge is 0.494 e. The van der Waals surface area contributed by atoms with Gasteiger partial charge < -0.3 is 20.1 Å². The second-order valence-corrected chi connectivity index (χ2v) is 5.67. The van der Waals surface area contributed by atoms with E-state index in [1.165, 1.54) is 7.11 Å². The minimum Gasteiger partial charge on any atom is -0.494 e. The van der Waals surface area contributed by atoms with E-state index in [2.05, 4.69) is 4.98 Å². The van der Waals surface area contributed by atoms with Crippen molar-refractivity contribution in [3.63, 3.8) is 0 Å². The van der Waals surface area contributed by atoms with E-state index < -0.39 is 12.8 Å². The van der Waals surface area contributed by atoms with Crippen LogP contribution in [0.15, 0.2) is 42.7 Å². The van der Waals surface area contributed by atoms with Crippen LogP contribution in [0, 0.1) is 0 Å². The first-order valence-corrected chi connectivity index (χ1v) is 7.59. The SMILES string of the molecule is COc1c(C(N)=O)ccc2c1ncn2Cc1ccc(B(C)O)cc1. The molecule has 122 valence electrons. The molecule has 3 aromatic rings. The Labute approximate surface area is 140 Å². The summed E-state index contributed by atoms with van der Waals surface area (Å²) in [6.07, 6.45) is 1.71. The normalized spacial score (nSPS) is 10.8. The third kappa shape index (κ3) is 2.86. The molecule has 24 heavy (non-hydrogen) atoms. The summed E-state index contributed by atoms with van der Waals surface area (Å²) in [7, 11) is 1.50. The fraction of sp³-hybridized carbons (Fsp3) is 0.176. The average Bonchev–Trinajstić information content (AvgIpc) is 2.97. The van der Waals surface area contributed by atoms with Gasteiger partial charge in [-0.25, -0.2) is 4.98 Å². The number of methoxy groups -OCH3 is 1. The lowest BCUT2D eigenvalue weighted by Gasteiger charge is -2.09. The van der Waals surface area contributed by atoms with Gasteiger partial charge in [0.25, 0.3) is 5.91 Å². The molecule has 1 aromatic heterocycles. The smallest absolute Gasteiger partial charge is 0.320 e. The fourth-order valence-corrected chi connectivity index (χ4v) is 2.73. The fourth-order valence-electron chi connectivity index (χ4n) is 2.73. The van der Waals surface area contributed by atoms with Crippen molar-refractivity contribution >= 4 is 29.3 Å². The van der Waals surface area contributed by atoms with Crippen molar-refractivity contribution in [1.82, 2.24) is 9.55 Å². The number of primary amides is 1. The van der Waals surface area contributed by atoms with Crippen LogP contribution in [0.2, 0.25) is 6.82 Å². The molecule has 0 bridgehead atoms. The van der Waals surface area contributed by atoms with Crippen molar-refractivity contribution in [2.45, 2.75) is 13.4 Å². The molecule has 7 heteroatoms. The Balaban J connectivity index is 1.97. The molecule has 0 saturated heterocycles. The summed E-state index contributed by atoms with van der Waals surface area (Å²) in [5, 5.41) is 9.57. The van der Waals surface area contributed by atoms with E-state index in [9.17, 15) is 9.82 Å². The Morgan fingerprint density at radius 1 is 1.29 bits per heavy atom. The van der Waals surface area contributed by atoms with Crippen LogP contribution in [0.25, 0.3) is 11.0 Å². The molecule has 6 nitrogen and oxygen atoms in total. The Kier molecular flexibility index (Phi) is 4.27. The molecule has 0 aliphatic carbocycles. The van der Waals surface area contributed by atoms with E-state index in [0.717, 1.165) is 16.5 Å². The number of benzene rings is 2. The van der Waals surface area contributed by atoms with Crippen LogP contribution < -0.4 is 15.9 Å². The molecular formula is C17H18BN3O3. The minimum atomic E-state index is -0.544. The maximum Gasteiger partial charge on any atom is 0.320 e. The Bertz CT molecular complexity index is 888. The number of carbonyl (C=O) groups is 1. The van der Waals surface area contributed by atoms with E-state index in [-0.39, 0.29) is 0 Å². The van der Waals surface area contributed by atoms with Crippen LogP contribution in [-0.2, 0) is 6.54 Å². The number of ether oxygens (including phenoxy) is 1. The van der Waals surface area contributed by atoms with Gasteiger partial charge >= 0.3 is 6.92 Å². The lowest BCUT2D eigenvalue weighted by atomic mass is 9.64. The van der Waals surface area contributed by atoms with Crippen LogP contribution in [0.3, 0.4) is 0 Å². The van der Waals surface area contributed by atoms with Gasteiger partial charge in [0.2, 0.25) is 0 Å². The number of fused-ring (bicyclic) bond motifs is 1. The van der Waals surface area contributed by atoms with Crippen molar-refractivity contribution < 1.29 is 14.6 Å². The molecule has 3 rings (SSSR count). The first-order valence-electron chi connectivity index (χ1n) is 7.59. The third-order valence-electron chi connectivity index (χ3n) is 4.03. The van der Waals surface area contributed by atoms with Gasteiger partial charge in [-0.1, -0.05) is 31.1 Å². The molecule has 0 aliphatic rings. The van der Waals surface area contributed by atoms with Crippen LogP contribution in [0.5, 0.6) is 5.75 Å². The molecule has 0 fully saturated rings. The highest BCUT2D eigenvalue weighted by Gasteiger charge is 2.16. The van der Waals surface area contributed by atoms with Crippen LogP contribution in [0.4, 0.5) is 0 Å². The van der Waals surface area contributed by atoms with Gasteiger partial charge in [-0.15, -0.1) is 0 Å². The number of aromatic nitrogens is 2. The van der Waals surface area contributed by atoms with E-state index in [1.807, 2.05) is 34.9 Å². The number of nitrogens with zero attached hydrogens (tertiary/aromatic N) is 2. The number of rotatable bonds is 5. The van der Waals surface area contributed by atoms with Crippen molar-refractivity contribution in [2.24, 2.45) is 5.73 Å². The molecule has 0 radical (unpaired) electrons. The predicted molar refractivity (Wildman–Crippen MR) is 93.8 cm³/mol. The topological polar surface area (TPSA) is 90.4 Å². The van der Waals surface area contributed by atoms with Gasteiger partial charge in [0.15, 0.2) is 5.75 Å². The molecular weight excluding hydrogens is 305 g/mol. The Morgan fingerprint density at radius 3 is 2.58 bits per heavy atom. The minimum absolute atomic E-state index is 0.316. The zero-order valence-corrected chi connectivity index (χ0v) is 13.6. The molecule has 1 amide bonds. The van der Waals surface area contributed by atoms with E-state index in [1.54, 1.807) is 19.2 Å². The van der Waals surface area contributed by atoms with Gasteiger partial charge in [0, 0.05) is 6.54 Å². The summed E-state index contributed by atoms with van der Waals surface area (Å²) in [5.41, 5.74) is 9.11. The lowest BCUT2D eigenvalue weighted by molar-refractivity contribution is 0.0997. The Morgan fingerprint density at radius 2 is 2.00 bits per heavy atom. The monoisotopic (exact) mass is 323 g/mol. The number of amides is 1. The number of hydrogen-bond acceptors (Lipinski definition) is 4. The summed E-state index contributed by atoms with van der Waals surface area (Å²) in [4.78, 5) is 15.9. The van der Waals surface area contributed by atoms with E-state index in [4.69, 9.17) is 10.5 Å². The molecule has 0 aliphatic heterocycles. The van der Waals surface area contributed by atoms with Gasteiger partial charge in [-0.2, -0.15) is 0 Å². The maximum absolute atomic E-state index is 11.5. The van der Waals surface area contributed by atoms with Crippen molar-refractivity contribution in [3.05, 3.63) is 53.9 Å². The second kappa shape index (κ2) is 6.37. The highest BCUT2D eigenvalue weighted by atomic mass is 16.5. The van der Waals surface area contributed by atoms with E-state index in [0.29, 0.717) is 23.4 Å². The summed E-state index contributed by atoms with van der Waals surface area (Å²) in [6.45, 7) is 1.88. The number of hydrogen-bond donors (Lipinski definition) is 2. The van der Waals surface area contributed by atoms with Gasteiger partial charge in [0.05, 0.1) is 24.5 Å². The van der Waals surface area contributed by atoms with Crippen molar-refractivity contribution in [3.8, 4) is 5.75 Å². The standard InChI is InChI=1S/C17H18BN3O3/c1-18(23)12-5-3-11(4-6-12)9-21-10-20-15-14(21)8-7-13(17(19)22)16(15)24-2/h3-8,10,23H,9H2,1-2H3,(H2,19,22). The van der Waals surface area contributed by atoms with Gasteiger partial charge in [-0.3, -0.25) is 4.79 Å². The predicted octanol–water partition coefficient (Wildman–Crippen LogP) is 1.01. The molecule has 0 atom stereocenters. The summed E-state index contributed by atoms with van der Waals surface area (Å²) in [5.74, 6) is -0.153. The maximum atomic E-state index is 11.5. The quantitative estimate of drug-likeness (QED) is 0.686. The summed E-state index contributed by atoms with van der Waals surface area (Å²) >= 11 is 0. The first kappa shape index (κ1) is 16.1. The highest BCUT2D eigenvalue weighted by molar-refractivity contribution is 6.64. The number of nitrogens with two attached hydrogens (primary N) is 1. The second-order valence-electron chi connectivity index (χ2n) is 5.67. The van der Waals surface area contributed by atoms with Crippen molar-refractivity contribution in [1.29, 1.82) is 0 Å².